The van der Waals surface area contributed by atoms with E-state index in [1.807, 2.05) is 18.2 Å². The summed E-state index contributed by atoms with van der Waals surface area (Å²) in [6.07, 6.45) is 0.945. The van der Waals surface area contributed by atoms with Gasteiger partial charge in [-0.05, 0) is 18.6 Å². The number of para-hydroxylation sites is 1. The number of nitrogens with one attached hydrogen (secondary N) is 3. The highest BCUT2D eigenvalue weighted by Gasteiger charge is 2.22. The second-order valence-corrected chi connectivity index (χ2v) is 7.32. The van der Waals surface area contributed by atoms with Gasteiger partial charge in [-0.2, -0.15) is 0 Å². The zero-order valence-electron chi connectivity index (χ0n) is 13.9. The Kier molecular flexibility index (Phi) is 8.78. The molecule has 0 saturated heterocycles. The molecule has 1 aromatic carbocycles. The Bertz CT molecular complexity index is 627. The summed E-state index contributed by atoms with van der Waals surface area (Å²) < 4.78 is 31.0. The molecule has 0 radical (unpaired) electrons. The largest absolute Gasteiger partial charge is 0.488 e. The average Bonchev–Trinajstić information content (AvgIpc) is 2.97. The summed E-state index contributed by atoms with van der Waals surface area (Å²) in [5.41, 5.74) is 1.22. The molecule has 1 aliphatic rings. The van der Waals surface area contributed by atoms with Crippen molar-refractivity contribution in [3.63, 3.8) is 0 Å². The van der Waals surface area contributed by atoms with Crippen molar-refractivity contribution in [3.05, 3.63) is 29.8 Å². The molecule has 136 valence electrons. The standard InChI is InChI=1S/C15H24N4O3S.HI/c1-3-23(20,21)19-9-8-17-15(16-2)18-11-13-10-12-6-4-5-7-14(12)22-13;/h4-7,13,19H,3,8-11H2,1-2H3,(H2,16,17,18);1H. The van der Waals surface area contributed by atoms with Crippen LogP contribution in [0.5, 0.6) is 5.75 Å². The van der Waals surface area contributed by atoms with Crippen molar-refractivity contribution in [1.82, 2.24) is 15.4 Å². The number of hydrogen-bond acceptors (Lipinski definition) is 4. The summed E-state index contributed by atoms with van der Waals surface area (Å²) in [6.45, 7) is 3.03. The molecule has 0 amide bonds. The number of hydrogen-bond donors (Lipinski definition) is 3. The lowest BCUT2D eigenvalue weighted by Crippen LogP contribution is -2.44. The van der Waals surface area contributed by atoms with E-state index in [-0.39, 0.29) is 35.8 Å². The van der Waals surface area contributed by atoms with Gasteiger partial charge in [0.25, 0.3) is 0 Å². The maximum atomic E-state index is 11.3. The highest BCUT2D eigenvalue weighted by molar-refractivity contribution is 14.0. The third-order valence-electron chi connectivity index (χ3n) is 3.55. The van der Waals surface area contributed by atoms with Crippen LogP contribution in [-0.4, -0.2) is 52.9 Å². The summed E-state index contributed by atoms with van der Waals surface area (Å²) in [5.74, 6) is 1.65. The van der Waals surface area contributed by atoms with E-state index in [1.165, 1.54) is 5.56 Å². The Morgan fingerprint density at radius 1 is 1.29 bits per heavy atom. The minimum atomic E-state index is -3.15. The topological polar surface area (TPSA) is 91.8 Å². The van der Waals surface area contributed by atoms with Crippen molar-refractivity contribution in [2.45, 2.75) is 19.4 Å². The lowest BCUT2D eigenvalue weighted by molar-refractivity contribution is 0.235. The van der Waals surface area contributed by atoms with E-state index in [9.17, 15) is 8.42 Å². The quantitative estimate of drug-likeness (QED) is 0.237. The predicted octanol–water partition coefficient (Wildman–Crippen LogP) is 0.712. The van der Waals surface area contributed by atoms with Gasteiger partial charge in [0, 0.05) is 26.6 Å². The summed E-state index contributed by atoms with van der Waals surface area (Å²) in [5, 5.41) is 6.26. The fraction of sp³-hybridized carbons (Fsp3) is 0.533. The fourth-order valence-electron chi connectivity index (χ4n) is 2.29. The Labute approximate surface area is 160 Å². The van der Waals surface area contributed by atoms with Gasteiger partial charge in [0.2, 0.25) is 10.0 Å². The van der Waals surface area contributed by atoms with Gasteiger partial charge in [-0.3, -0.25) is 4.99 Å². The van der Waals surface area contributed by atoms with Crippen LogP contribution in [-0.2, 0) is 16.4 Å². The minimum absolute atomic E-state index is 0. The third kappa shape index (κ3) is 6.44. The molecule has 7 nitrogen and oxygen atoms in total. The molecule has 0 aromatic heterocycles. The Morgan fingerprint density at radius 2 is 2.04 bits per heavy atom. The molecule has 1 unspecified atom stereocenters. The molecule has 3 N–H and O–H groups in total. The van der Waals surface area contributed by atoms with Crippen molar-refractivity contribution in [3.8, 4) is 5.75 Å². The number of rotatable bonds is 7. The highest BCUT2D eigenvalue weighted by Crippen LogP contribution is 2.27. The molecule has 0 aliphatic carbocycles. The number of halogens is 1. The van der Waals surface area contributed by atoms with Gasteiger partial charge < -0.3 is 15.4 Å². The van der Waals surface area contributed by atoms with E-state index < -0.39 is 10.0 Å². The van der Waals surface area contributed by atoms with Crippen molar-refractivity contribution in [2.24, 2.45) is 4.99 Å². The van der Waals surface area contributed by atoms with Crippen LogP contribution in [0.4, 0.5) is 0 Å². The van der Waals surface area contributed by atoms with Gasteiger partial charge in [-0.15, -0.1) is 24.0 Å². The van der Waals surface area contributed by atoms with E-state index in [2.05, 4.69) is 26.4 Å². The average molecular weight is 468 g/mol. The zero-order valence-corrected chi connectivity index (χ0v) is 17.1. The van der Waals surface area contributed by atoms with Gasteiger partial charge >= 0.3 is 0 Å². The van der Waals surface area contributed by atoms with Crippen LogP contribution in [0.3, 0.4) is 0 Å². The Hall–Kier alpha value is -1.07. The highest BCUT2D eigenvalue weighted by atomic mass is 127. The second kappa shape index (κ2) is 10.0. The molecule has 2 rings (SSSR count). The summed E-state index contributed by atoms with van der Waals surface area (Å²) in [6, 6.07) is 8.02. The molecular formula is C15H25IN4O3S. The number of sulfonamides is 1. The lowest BCUT2D eigenvalue weighted by Gasteiger charge is -2.15. The smallest absolute Gasteiger partial charge is 0.211 e. The first-order chi connectivity index (χ1) is 11.0. The van der Waals surface area contributed by atoms with E-state index in [0.717, 1.165) is 12.2 Å². The number of benzene rings is 1. The van der Waals surface area contributed by atoms with Crippen LogP contribution in [0.2, 0.25) is 0 Å². The molecule has 24 heavy (non-hydrogen) atoms. The van der Waals surface area contributed by atoms with E-state index in [1.54, 1.807) is 14.0 Å². The molecule has 0 spiro atoms. The number of guanidine groups is 1. The SMILES string of the molecule is CCS(=O)(=O)NCCNC(=NC)NCC1Cc2ccccc2O1.I. The molecule has 1 heterocycles. The number of aliphatic imine (C=N–C) groups is 1. The van der Waals surface area contributed by atoms with Gasteiger partial charge in [0.1, 0.15) is 11.9 Å². The molecule has 1 atom stereocenters. The van der Waals surface area contributed by atoms with Crippen LogP contribution < -0.4 is 20.1 Å². The molecule has 9 heteroatoms. The van der Waals surface area contributed by atoms with E-state index in [4.69, 9.17) is 4.74 Å². The van der Waals surface area contributed by atoms with Crippen LogP contribution in [0.1, 0.15) is 12.5 Å². The number of nitrogens with zero attached hydrogens (tertiary/aromatic N) is 1. The Balaban J connectivity index is 0.00000288. The molecule has 0 fully saturated rings. The number of ether oxygens (including phenoxy) is 1. The lowest BCUT2D eigenvalue weighted by atomic mass is 10.1. The molecular weight excluding hydrogens is 443 g/mol. The maximum absolute atomic E-state index is 11.3. The monoisotopic (exact) mass is 468 g/mol. The first-order valence-electron chi connectivity index (χ1n) is 7.70. The first-order valence-corrected chi connectivity index (χ1v) is 9.35. The summed E-state index contributed by atoms with van der Waals surface area (Å²) in [4.78, 5) is 4.11. The van der Waals surface area contributed by atoms with Crippen molar-refractivity contribution < 1.29 is 13.2 Å². The fourth-order valence-corrected chi connectivity index (χ4v) is 2.91. The summed E-state index contributed by atoms with van der Waals surface area (Å²) >= 11 is 0. The molecule has 1 aromatic rings. The van der Waals surface area contributed by atoms with Crippen molar-refractivity contribution >= 4 is 40.0 Å². The summed E-state index contributed by atoms with van der Waals surface area (Å²) in [7, 11) is -1.47. The van der Waals surface area contributed by atoms with Gasteiger partial charge in [0.15, 0.2) is 5.96 Å². The van der Waals surface area contributed by atoms with Crippen LogP contribution in [0, 0.1) is 0 Å². The van der Waals surface area contributed by atoms with Gasteiger partial charge in [0.05, 0.1) is 12.3 Å². The van der Waals surface area contributed by atoms with Crippen LogP contribution in [0.15, 0.2) is 29.3 Å². The van der Waals surface area contributed by atoms with Gasteiger partial charge in [-0.1, -0.05) is 18.2 Å². The minimum Gasteiger partial charge on any atom is -0.488 e. The van der Waals surface area contributed by atoms with Crippen LogP contribution in [0.25, 0.3) is 0 Å². The van der Waals surface area contributed by atoms with Crippen molar-refractivity contribution in [1.29, 1.82) is 0 Å². The number of fused-ring (bicyclic) bond motifs is 1. The van der Waals surface area contributed by atoms with Gasteiger partial charge in [-0.25, -0.2) is 13.1 Å². The van der Waals surface area contributed by atoms with E-state index in [0.29, 0.717) is 25.6 Å². The van der Waals surface area contributed by atoms with Crippen molar-refractivity contribution in [2.75, 3.05) is 32.4 Å². The molecule has 0 bridgehead atoms. The van der Waals surface area contributed by atoms with Crippen LogP contribution >= 0.6 is 24.0 Å². The molecule has 1 aliphatic heterocycles. The second-order valence-electron chi connectivity index (χ2n) is 5.23. The Morgan fingerprint density at radius 3 is 2.71 bits per heavy atom. The zero-order chi connectivity index (χ0) is 16.7. The normalized spacial score (nSPS) is 16.8. The van der Waals surface area contributed by atoms with E-state index >= 15 is 0 Å². The first kappa shape index (κ1) is 21.0. The predicted molar refractivity (Wildman–Crippen MR) is 107 cm³/mol. The third-order valence-corrected chi connectivity index (χ3v) is 4.96. The molecule has 0 saturated carbocycles. The maximum Gasteiger partial charge on any atom is 0.211 e.